The second-order valence-corrected chi connectivity index (χ2v) is 6.06. The van der Waals surface area contributed by atoms with Crippen LogP contribution in [0.3, 0.4) is 0 Å². The summed E-state index contributed by atoms with van der Waals surface area (Å²) in [5, 5.41) is 7.76. The van der Waals surface area contributed by atoms with Crippen molar-refractivity contribution in [2.45, 2.75) is 20.4 Å². The maximum absolute atomic E-state index is 4.43. The summed E-state index contributed by atoms with van der Waals surface area (Å²) < 4.78 is 1.93. The van der Waals surface area contributed by atoms with Crippen molar-refractivity contribution in [1.82, 2.24) is 20.0 Å². The topological polar surface area (TPSA) is 33.1 Å². The van der Waals surface area contributed by atoms with Gasteiger partial charge in [-0.3, -0.25) is 4.68 Å². The molecule has 0 saturated carbocycles. The minimum Gasteiger partial charge on any atom is -0.386 e. The van der Waals surface area contributed by atoms with E-state index >= 15 is 0 Å². The predicted octanol–water partition coefficient (Wildman–Crippen LogP) is 2.83. The molecule has 2 aromatic rings. The van der Waals surface area contributed by atoms with E-state index in [1.54, 1.807) is 0 Å². The molecule has 1 aromatic heterocycles. The second-order valence-electron chi connectivity index (χ2n) is 6.06. The lowest BCUT2D eigenvalue weighted by Crippen LogP contribution is -2.27. The van der Waals surface area contributed by atoms with Gasteiger partial charge in [-0.25, -0.2) is 0 Å². The van der Waals surface area contributed by atoms with Crippen molar-refractivity contribution in [2.24, 2.45) is 0 Å². The molecule has 0 aliphatic heterocycles. The molecule has 4 heteroatoms. The van der Waals surface area contributed by atoms with Crippen LogP contribution in [-0.4, -0.2) is 41.9 Å². The van der Waals surface area contributed by atoms with Gasteiger partial charge in [0.2, 0.25) is 0 Å². The first-order valence-electron chi connectivity index (χ1n) is 7.62. The first kappa shape index (κ1) is 16.3. The fourth-order valence-electron chi connectivity index (χ4n) is 2.23. The molecule has 0 amide bonds. The molecule has 0 unspecified atom stereocenters. The summed E-state index contributed by atoms with van der Waals surface area (Å²) in [5.74, 6) is 0. The SMILES string of the molecule is C=C(Cn1cc(-c2ccc(C)c(C)c2)cn1)NCCN(C)C. The molecule has 0 bridgehead atoms. The van der Waals surface area contributed by atoms with E-state index in [0.29, 0.717) is 6.54 Å². The molecule has 0 aliphatic rings. The van der Waals surface area contributed by atoms with Crippen LogP contribution in [-0.2, 0) is 6.54 Å². The van der Waals surface area contributed by atoms with Gasteiger partial charge in [0.1, 0.15) is 0 Å². The van der Waals surface area contributed by atoms with Crippen LogP contribution in [0.5, 0.6) is 0 Å². The van der Waals surface area contributed by atoms with E-state index in [1.165, 1.54) is 16.7 Å². The minimum atomic E-state index is 0.693. The van der Waals surface area contributed by atoms with Crippen LogP contribution in [0.15, 0.2) is 42.9 Å². The maximum atomic E-state index is 4.43. The first-order valence-corrected chi connectivity index (χ1v) is 7.62. The number of benzene rings is 1. The standard InChI is InChI=1S/C18H26N4/c1-14-6-7-17(10-15(14)2)18-11-20-22(13-18)12-16(3)19-8-9-21(4)5/h6-7,10-11,13,19H,3,8-9,12H2,1-2,4-5H3. The first-order chi connectivity index (χ1) is 10.5. The van der Waals surface area contributed by atoms with Crippen molar-refractivity contribution in [1.29, 1.82) is 0 Å². The number of hydrogen-bond donors (Lipinski definition) is 1. The van der Waals surface area contributed by atoms with Crippen LogP contribution in [0.2, 0.25) is 0 Å². The molecule has 1 heterocycles. The number of likely N-dealkylation sites (N-methyl/N-ethyl adjacent to an activating group) is 1. The number of nitrogens with one attached hydrogen (secondary N) is 1. The van der Waals surface area contributed by atoms with Gasteiger partial charge in [-0.1, -0.05) is 24.8 Å². The highest BCUT2D eigenvalue weighted by Crippen LogP contribution is 2.21. The van der Waals surface area contributed by atoms with Gasteiger partial charge in [0.15, 0.2) is 0 Å². The smallest absolute Gasteiger partial charge is 0.0800 e. The van der Waals surface area contributed by atoms with E-state index in [-0.39, 0.29) is 0 Å². The van der Waals surface area contributed by atoms with Gasteiger partial charge in [-0.15, -0.1) is 0 Å². The normalized spacial score (nSPS) is 11.0. The lowest BCUT2D eigenvalue weighted by Gasteiger charge is -2.13. The van der Waals surface area contributed by atoms with Gasteiger partial charge in [0.05, 0.1) is 12.7 Å². The molecular weight excluding hydrogens is 272 g/mol. The Labute approximate surface area is 133 Å². The lowest BCUT2D eigenvalue weighted by atomic mass is 10.0. The Kier molecular flexibility index (Phi) is 5.39. The predicted molar refractivity (Wildman–Crippen MR) is 92.8 cm³/mol. The van der Waals surface area contributed by atoms with Gasteiger partial charge >= 0.3 is 0 Å². The zero-order valence-electron chi connectivity index (χ0n) is 14.1. The Morgan fingerprint density at radius 3 is 2.68 bits per heavy atom. The number of aromatic nitrogens is 2. The summed E-state index contributed by atoms with van der Waals surface area (Å²) in [5.41, 5.74) is 5.95. The van der Waals surface area contributed by atoms with Crippen LogP contribution < -0.4 is 5.32 Å². The third kappa shape index (κ3) is 4.46. The Morgan fingerprint density at radius 1 is 1.23 bits per heavy atom. The number of aryl methyl sites for hydroxylation is 2. The average Bonchev–Trinajstić information content (AvgIpc) is 2.90. The quantitative estimate of drug-likeness (QED) is 0.853. The van der Waals surface area contributed by atoms with E-state index in [4.69, 9.17) is 0 Å². The molecule has 1 N–H and O–H groups in total. The van der Waals surface area contributed by atoms with Crippen molar-refractivity contribution < 1.29 is 0 Å². The van der Waals surface area contributed by atoms with Crippen molar-refractivity contribution in [3.05, 3.63) is 54.0 Å². The van der Waals surface area contributed by atoms with Crippen molar-refractivity contribution in [3.8, 4) is 11.1 Å². The number of hydrogen-bond acceptors (Lipinski definition) is 3. The largest absolute Gasteiger partial charge is 0.386 e. The monoisotopic (exact) mass is 298 g/mol. The van der Waals surface area contributed by atoms with Gasteiger partial charge in [-0.05, 0) is 44.6 Å². The van der Waals surface area contributed by atoms with E-state index in [2.05, 4.69) is 74.2 Å². The third-order valence-corrected chi connectivity index (χ3v) is 3.76. The molecule has 118 valence electrons. The zero-order chi connectivity index (χ0) is 16.1. The van der Waals surface area contributed by atoms with Crippen LogP contribution >= 0.6 is 0 Å². The van der Waals surface area contributed by atoms with E-state index in [9.17, 15) is 0 Å². The summed E-state index contributed by atoms with van der Waals surface area (Å²) in [4.78, 5) is 2.14. The summed E-state index contributed by atoms with van der Waals surface area (Å²) in [6.07, 6.45) is 3.99. The Balaban J connectivity index is 1.96. The second kappa shape index (κ2) is 7.27. The van der Waals surface area contributed by atoms with Gasteiger partial charge in [0, 0.05) is 30.5 Å². The Bertz CT molecular complexity index is 640. The summed E-state index contributed by atoms with van der Waals surface area (Å²) in [6.45, 7) is 10.9. The fraction of sp³-hybridized carbons (Fsp3) is 0.389. The van der Waals surface area contributed by atoms with E-state index < -0.39 is 0 Å². The van der Waals surface area contributed by atoms with Gasteiger partial charge in [0.25, 0.3) is 0 Å². The number of rotatable bonds is 7. The summed E-state index contributed by atoms with van der Waals surface area (Å²) >= 11 is 0. The third-order valence-electron chi connectivity index (χ3n) is 3.76. The van der Waals surface area contributed by atoms with E-state index in [0.717, 1.165) is 24.4 Å². The minimum absolute atomic E-state index is 0.693. The van der Waals surface area contributed by atoms with Crippen molar-refractivity contribution in [2.75, 3.05) is 27.2 Å². The highest BCUT2D eigenvalue weighted by atomic mass is 15.3. The molecule has 0 aliphatic carbocycles. The Morgan fingerprint density at radius 2 is 2.00 bits per heavy atom. The molecule has 22 heavy (non-hydrogen) atoms. The van der Waals surface area contributed by atoms with Crippen molar-refractivity contribution in [3.63, 3.8) is 0 Å². The maximum Gasteiger partial charge on any atom is 0.0800 e. The molecule has 4 nitrogen and oxygen atoms in total. The molecule has 1 aromatic carbocycles. The van der Waals surface area contributed by atoms with Gasteiger partial charge in [-0.2, -0.15) is 5.10 Å². The fourth-order valence-corrected chi connectivity index (χ4v) is 2.23. The summed E-state index contributed by atoms with van der Waals surface area (Å²) in [7, 11) is 4.13. The molecule has 0 saturated heterocycles. The van der Waals surface area contributed by atoms with E-state index in [1.807, 2.05) is 10.9 Å². The van der Waals surface area contributed by atoms with Crippen LogP contribution in [0.25, 0.3) is 11.1 Å². The molecule has 0 radical (unpaired) electrons. The zero-order valence-corrected chi connectivity index (χ0v) is 14.1. The van der Waals surface area contributed by atoms with Crippen LogP contribution in [0.1, 0.15) is 11.1 Å². The number of allylic oxidation sites excluding steroid dienone is 1. The van der Waals surface area contributed by atoms with Gasteiger partial charge < -0.3 is 10.2 Å². The molecule has 0 fully saturated rings. The molecular formula is C18H26N4. The number of nitrogens with zero attached hydrogens (tertiary/aromatic N) is 3. The molecule has 0 atom stereocenters. The highest BCUT2D eigenvalue weighted by Gasteiger charge is 2.04. The summed E-state index contributed by atoms with van der Waals surface area (Å²) in [6, 6.07) is 6.51. The lowest BCUT2D eigenvalue weighted by molar-refractivity contribution is 0.405. The highest BCUT2D eigenvalue weighted by molar-refractivity contribution is 5.63. The van der Waals surface area contributed by atoms with Crippen LogP contribution in [0, 0.1) is 13.8 Å². The molecule has 2 rings (SSSR count). The Hall–Kier alpha value is -2.07. The molecule has 0 spiro atoms. The van der Waals surface area contributed by atoms with Crippen LogP contribution in [0.4, 0.5) is 0 Å². The average molecular weight is 298 g/mol. The van der Waals surface area contributed by atoms with Crippen molar-refractivity contribution >= 4 is 0 Å².